The molecule has 1 aliphatic rings. The molecule has 2 rings (SSSR count). The van der Waals surface area contributed by atoms with Crippen molar-refractivity contribution in [2.75, 3.05) is 18.0 Å². The van der Waals surface area contributed by atoms with Crippen LogP contribution in [0, 0.1) is 0 Å². The lowest BCUT2D eigenvalue weighted by Gasteiger charge is -2.19. The van der Waals surface area contributed by atoms with Crippen molar-refractivity contribution in [3.05, 3.63) is 5.01 Å². The number of esters is 1. The summed E-state index contributed by atoms with van der Waals surface area (Å²) in [4.78, 5) is 27.3. The second kappa shape index (κ2) is 7.53. The predicted octanol–water partition coefficient (Wildman–Crippen LogP) is 2.42. The summed E-state index contributed by atoms with van der Waals surface area (Å²) in [5.41, 5.74) is 0. The highest BCUT2D eigenvalue weighted by Crippen LogP contribution is 2.29. The molecule has 0 N–H and O–H groups in total. The smallest absolute Gasteiger partial charge is 0.329 e. The molecule has 1 saturated heterocycles. The zero-order valence-electron chi connectivity index (χ0n) is 13.2. The van der Waals surface area contributed by atoms with Gasteiger partial charge >= 0.3 is 12.0 Å². The average Bonchev–Trinajstić information content (AvgIpc) is 3.05. The molecule has 0 radical (unpaired) electrons. The maximum absolute atomic E-state index is 12.5. The van der Waals surface area contributed by atoms with Crippen LogP contribution in [0.5, 0.6) is 0 Å². The summed E-state index contributed by atoms with van der Waals surface area (Å²) in [5, 5.41) is 9.60. The Morgan fingerprint density at radius 3 is 2.73 bits per heavy atom. The standard InChI is InChI=1S/C14H22N4O3S/c1-4-7-10-15-16-13(22-10)18-11(21-12(19)6-3)9-17(8-5-2)14(18)20/h11H,4-9H2,1-3H3. The molecule has 0 spiro atoms. The van der Waals surface area contributed by atoms with Crippen LogP contribution in [0.15, 0.2) is 0 Å². The van der Waals surface area contributed by atoms with Crippen LogP contribution in [0.25, 0.3) is 0 Å². The SMILES string of the molecule is CCCc1nnc(N2C(=O)N(CCC)CC2OC(=O)CC)s1. The monoisotopic (exact) mass is 326 g/mol. The fourth-order valence-electron chi connectivity index (χ4n) is 2.27. The number of rotatable bonds is 7. The number of hydrogen-bond donors (Lipinski definition) is 0. The number of aryl methyl sites for hydroxylation is 1. The molecule has 0 aromatic carbocycles. The molecule has 1 aliphatic heterocycles. The number of hydrogen-bond acceptors (Lipinski definition) is 6. The lowest BCUT2D eigenvalue weighted by atomic mass is 10.4. The molecule has 22 heavy (non-hydrogen) atoms. The Labute approximate surface area is 134 Å². The van der Waals surface area contributed by atoms with Gasteiger partial charge in [-0.3, -0.25) is 4.79 Å². The number of carbonyl (C=O) groups is 2. The molecule has 1 aromatic heterocycles. The largest absolute Gasteiger partial charge is 0.439 e. The molecular weight excluding hydrogens is 304 g/mol. The third-order valence-electron chi connectivity index (χ3n) is 3.32. The number of urea groups is 1. The number of amides is 2. The zero-order chi connectivity index (χ0) is 16.1. The quantitative estimate of drug-likeness (QED) is 0.719. The van der Waals surface area contributed by atoms with E-state index in [2.05, 4.69) is 17.1 Å². The first kappa shape index (κ1) is 16.7. The third kappa shape index (κ3) is 3.55. The van der Waals surface area contributed by atoms with Gasteiger partial charge in [0.05, 0.1) is 6.54 Å². The van der Waals surface area contributed by atoms with Gasteiger partial charge in [-0.2, -0.15) is 0 Å². The summed E-state index contributed by atoms with van der Waals surface area (Å²) in [6.45, 7) is 6.82. The summed E-state index contributed by atoms with van der Waals surface area (Å²) in [6.07, 6.45) is 2.32. The molecule has 0 aliphatic carbocycles. The van der Waals surface area contributed by atoms with Crippen molar-refractivity contribution in [2.45, 2.75) is 52.7 Å². The van der Waals surface area contributed by atoms with Crippen LogP contribution in [0.1, 0.15) is 45.0 Å². The minimum atomic E-state index is -0.617. The molecular formula is C14H22N4O3S. The predicted molar refractivity (Wildman–Crippen MR) is 83.8 cm³/mol. The molecule has 2 amide bonds. The van der Waals surface area contributed by atoms with Gasteiger partial charge in [0.1, 0.15) is 5.01 Å². The highest BCUT2D eigenvalue weighted by atomic mass is 32.1. The van der Waals surface area contributed by atoms with Crippen molar-refractivity contribution in [2.24, 2.45) is 0 Å². The van der Waals surface area contributed by atoms with Gasteiger partial charge < -0.3 is 9.64 Å². The molecule has 1 aromatic rings. The second-order valence-corrected chi connectivity index (χ2v) is 6.17. The first-order valence-electron chi connectivity index (χ1n) is 7.70. The summed E-state index contributed by atoms with van der Waals surface area (Å²) < 4.78 is 5.41. The Balaban J connectivity index is 2.21. The Hall–Kier alpha value is -1.70. The van der Waals surface area contributed by atoms with E-state index in [9.17, 15) is 9.59 Å². The summed E-state index contributed by atoms with van der Waals surface area (Å²) in [7, 11) is 0. The number of anilines is 1. The van der Waals surface area contributed by atoms with Gasteiger partial charge in [0.15, 0.2) is 0 Å². The van der Waals surface area contributed by atoms with Crippen LogP contribution in [0.2, 0.25) is 0 Å². The fraction of sp³-hybridized carbons (Fsp3) is 0.714. The molecule has 122 valence electrons. The van der Waals surface area contributed by atoms with E-state index in [1.807, 2.05) is 6.92 Å². The van der Waals surface area contributed by atoms with Crippen molar-refractivity contribution in [3.63, 3.8) is 0 Å². The van der Waals surface area contributed by atoms with Gasteiger partial charge in [0.25, 0.3) is 0 Å². The van der Waals surface area contributed by atoms with Crippen LogP contribution in [-0.2, 0) is 16.0 Å². The molecule has 1 unspecified atom stereocenters. The van der Waals surface area contributed by atoms with E-state index in [4.69, 9.17) is 4.74 Å². The van der Waals surface area contributed by atoms with Crippen molar-refractivity contribution in [1.82, 2.24) is 15.1 Å². The Kier molecular flexibility index (Phi) is 5.70. The van der Waals surface area contributed by atoms with Gasteiger partial charge in [-0.1, -0.05) is 32.1 Å². The van der Waals surface area contributed by atoms with Crippen molar-refractivity contribution >= 4 is 28.5 Å². The van der Waals surface area contributed by atoms with E-state index in [0.29, 0.717) is 18.2 Å². The van der Waals surface area contributed by atoms with E-state index in [1.54, 1.807) is 11.8 Å². The fourth-order valence-corrected chi connectivity index (χ4v) is 3.24. The van der Waals surface area contributed by atoms with Gasteiger partial charge in [0.2, 0.25) is 11.4 Å². The number of aromatic nitrogens is 2. The Morgan fingerprint density at radius 2 is 2.09 bits per heavy atom. The molecule has 1 atom stereocenters. The van der Waals surface area contributed by atoms with E-state index >= 15 is 0 Å². The van der Waals surface area contributed by atoms with Crippen molar-refractivity contribution < 1.29 is 14.3 Å². The van der Waals surface area contributed by atoms with E-state index in [-0.39, 0.29) is 18.4 Å². The molecule has 1 fully saturated rings. The van der Waals surface area contributed by atoms with E-state index < -0.39 is 6.23 Å². The van der Waals surface area contributed by atoms with Crippen molar-refractivity contribution in [3.8, 4) is 0 Å². The number of nitrogens with zero attached hydrogens (tertiary/aromatic N) is 4. The van der Waals surface area contributed by atoms with Gasteiger partial charge in [0, 0.05) is 19.4 Å². The Bertz CT molecular complexity index is 534. The van der Waals surface area contributed by atoms with Crippen molar-refractivity contribution in [1.29, 1.82) is 0 Å². The molecule has 2 heterocycles. The first-order valence-corrected chi connectivity index (χ1v) is 8.52. The van der Waals surface area contributed by atoms with E-state index in [1.165, 1.54) is 16.2 Å². The highest BCUT2D eigenvalue weighted by Gasteiger charge is 2.41. The minimum Gasteiger partial charge on any atom is -0.439 e. The van der Waals surface area contributed by atoms with Crippen LogP contribution in [-0.4, -0.2) is 46.4 Å². The molecule has 8 heteroatoms. The number of carbonyl (C=O) groups excluding carboxylic acids is 2. The normalized spacial score (nSPS) is 18.1. The molecule has 0 bridgehead atoms. The maximum atomic E-state index is 12.5. The maximum Gasteiger partial charge on any atom is 0.329 e. The molecule has 7 nitrogen and oxygen atoms in total. The Morgan fingerprint density at radius 1 is 1.32 bits per heavy atom. The second-order valence-electron chi connectivity index (χ2n) is 5.13. The van der Waals surface area contributed by atoms with Crippen LogP contribution < -0.4 is 4.90 Å². The summed E-state index contributed by atoms with van der Waals surface area (Å²) >= 11 is 1.38. The lowest BCUT2D eigenvalue weighted by molar-refractivity contribution is -0.147. The summed E-state index contributed by atoms with van der Waals surface area (Å²) in [6, 6.07) is -0.171. The first-order chi connectivity index (χ1) is 10.6. The van der Waals surface area contributed by atoms with Crippen LogP contribution in [0.4, 0.5) is 9.93 Å². The van der Waals surface area contributed by atoms with Gasteiger partial charge in [-0.05, 0) is 12.8 Å². The topological polar surface area (TPSA) is 75.6 Å². The van der Waals surface area contributed by atoms with Gasteiger partial charge in [-0.25, -0.2) is 9.69 Å². The number of ether oxygens (including phenoxy) is 1. The third-order valence-corrected chi connectivity index (χ3v) is 4.30. The van der Waals surface area contributed by atoms with E-state index in [0.717, 1.165) is 24.3 Å². The van der Waals surface area contributed by atoms with Crippen LogP contribution in [0.3, 0.4) is 0 Å². The van der Waals surface area contributed by atoms with Gasteiger partial charge in [-0.15, -0.1) is 10.2 Å². The highest BCUT2D eigenvalue weighted by molar-refractivity contribution is 7.15. The lowest BCUT2D eigenvalue weighted by Crippen LogP contribution is -2.37. The van der Waals surface area contributed by atoms with Crippen LogP contribution >= 0.6 is 11.3 Å². The minimum absolute atomic E-state index is 0.171. The zero-order valence-corrected chi connectivity index (χ0v) is 14.1. The molecule has 0 saturated carbocycles. The average molecular weight is 326 g/mol. The summed E-state index contributed by atoms with van der Waals surface area (Å²) in [5.74, 6) is -0.320.